The summed E-state index contributed by atoms with van der Waals surface area (Å²) < 4.78 is 6.18. The topological polar surface area (TPSA) is 24.5 Å². The molecule has 116 valence electrons. The van der Waals surface area contributed by atoms with Crippen LogP contribution >= 0.6 is 0 Å². The Balaban J connectivity index is 1.34. The molecule has 1 aliphatic carbocycles. The van der Waals surface area contributed by atoms with Crippen molar-refractivity contribution in [2.45, 2.75) is 75.9 Å². The molecule has 2 aliphatic heterocycles. The van der Waals surface area contributed by atoms with E-state index in [1.807, 2.05) is 0 Å². The van der Waals surface area contributed by atoms with Gasteiger partial charge in [-0.05, 0) is 71.1 Å². The molecular weight excluding hydrogens is 248 g/mol. The van der Waals surface area contributed by atoms with Crippen molar-refractivity contribution in [2.24, 2.45) is 0 Å². The average Bonchev–Trinajstić information content (AvgIpc) is 2.98. The number of rotatable bonds is 5. The molecule has 2 heterocycles. The first kappa shape index (κ1) is 14.8. The SMILES string of the molecule is C1CCC2(CC1)CC(NCCCN1CCCC1)CCO2. The highest BCUT2D eigenvalue weighted by Gasteiger charge is 2.38. The van der Waals surface area contributed by atoms with Crippen LogP contribution in [0.3, 0.4) is 0 Å². The van der Waals surface area contributed by atoms with Gasteiger partial charge in [-0.1, -0.05) is 19.3 Å². The van der Waals surface area contributed by atoms with E-state index < -0.39 is 0 Å². The van der Waals surface area contributed by atoms with Crippen molar-refractivity contribution in [3.8, 4) is 0 Å². The molecule has 1 spiro atoms. The van der Waals surface area contributed by atoms with Gasteiger partial charge < -0.3 is 15.0 Å². The Kier molecular flexibility index (Phi) is 5.36. The van der Waals surface area contributed by atoms with Gasteiger partial charge in [0.05, 0.1) is 5.60 Å². The fraction of sp³-hybridized carbons (Fsp3) is 1.00. The summed E-state index contributed by atoms with van der Waals surface area (Å²) in [5.74, 6) is 0. The Morgan fingerprint density at radius 1 is 1.05 bits per heavy atom. The maximum Gasteiger partial charge on any atom is 0.0697 e. The van der Waals surface area contributed by atoms with Crippen LogP contribution < -0.4 is 5.32 Å². The molecule has 3 heteroatoms. The molecule has 20 heavy (non-hydrogen) atoms. The molecule has 1 unspecified atom stereocenters. The van der Waals surface area contributed by atoms with Crippen LogP contribution in [0.4, 0.5) is 0 Å². The van der Waals surface area contributed by atoms with Gasteiger partial charge in [0.15, 0.2) is 0 Å². The first-order chi connectivity index (χ1) is 9.86. The van der Waals surface area contributed by atoms with Gasteiger partial charge in [-0.2, -0.15) is 0 Å². The van der Waals surface area contributed by atoms with Gasteiger partial charge in [0.2, 0.25) is 0 Å². The number of likely N-dealkylation sites (tertiary alicyclic amines) is 1. The van der Waals surface area contributed by atoms with Crippen LogP contribution in [-0.2, 0) is 4.74 Å². The van der Waals surface area contributed by atoms with Gasteiger partial charge in [0, 0.05) is 12.6 Å². The van der Waals surface area contributed by atoms with Crippen molar-refractivity contribution in [3.63, 3.8) is 0 Å². The quantitative estimate of drug-likeness (QED) is 0.784. The molecule has 1 N–H and O–H groups in total. The first-order valence-corrected chi connectivity index (χ1v) is 8.96. The zero-order valence-electron chi connectivity index (χ0n) is 13.0. The van der Waals surface area contributed by atoms with E-state index in [1.165, 1.54) is 90.4 Å². The zero-order valence-corrected chi connectivity index (χ0v) is 13.0. The van der Waals surface area contributed by atoms with Crippen molar-refractivity contribution < 1.29 is 4.74 Å². The average molecular weight is 280 g/mol. The van der Waals surface area contributed by atoms with E-state index in [-0.39, 0.29) is 5.60 Å². The minimum atomic E-state index is 0.253. The molecule has 2 saturated heterocycles. The maximum atomic E-state index is 6.18. The number of hydrogen-bond donors (Lipinski definition) is 1. The van der Waals surface area contributed by atoms with Crippen LogP contribution in [0.25, 0.3) is 0 Å². The fourth-order valence-electron chi connectivity index (χ4n) is 4.36. The van der Waals surface area contributed by atoms with Gasteiger partial charge in [0.25, 0.3) is 0 Å². The highest BCUT2D eigenvalue weighted by Crippen LogP contribution is 2.38. The molecule has 0 aromatic rings. The van der Waals surface area contributed by atoms with Crippen molar-refractivity contribution in [1.29, 1.82) is 0 Å². The summed E-state index contributed by atoms with van der Waals surface area (Å²) in [6, 6.07) is 0.709. The molecule has 1 saturated carbocycles. The lowest BCUT2D eigenvalue weighted by atomic mass is 9.78. The predicted molar refractivity (Wildman–Crippen MR) is 83.1 cm³/mol. The van der Waals surface area contributed by atoms with Crippen LogP contribution in [0.2, 0.25) is 0 Å². The summed E-state index contributed by atoms with van der Waals surface area (Å²) in [6.45, 7) is 6.13. The number of nitrogens with zero attached hydrogens (tertiary/aromatic N) is 1. The Bertz CT molecular complexity index is 277. The number of ether oxygens (including phenoxy) is 1. The lowest BCUT2D eigenvalue weighted by molar-refractivity contribution is -0.109. The van der Waals surface area contributed by atoms with Gasteiger partial charge >= 0.3 is 0 Å². The molecule has 3 aliphatic rings. The lowest BCUT2D eigenvalue weighted by Gasteiger charge is -2.43. The number of hydrogen-bond acceptors (Lipinski definition) is 3. The Hall–Kier alpha value is -0.120. The van der Waals surface area contributed by atoms with Gasteiger partial charge in [-0.15, -0.1) is 0 Å². The van der Waals surface area contributed by atoms with E-state index in [2.05, 4.69) is 10.2 Å². The van der Waals surface area contributed by atoms with Crippen LogP contribution in [0.15, 0.2) is 0 Å². The molecule has 0 aromatic heterocycles. The lowest BCUT2D eigenvalue weighted by Crippen LogP contribution is -2.48. The molecule has 3 fully saturated rings. The third kappa shape index (κ3) is 3.96. The molecule has 0 aromatic carbocycles. The van der Waals surface area contributed by atoms with Crippen LogP contribution in [0, 0.1) is 0 Å². The van der Waals surface area contributed by atoms with Crippen LogP contribution in [-0.4, -0.2) is 49.3 Å². The van der Waals surface area contributed by atoms with Crippen molar-refractivity contribution >= 4 is 0 Å². The second kappa shape index (κ2) is 7.24. The highest BCUT2D eigenvalue weighted by molar-refractivity contribution is 4.92. The Labute approximate surface area is 124 Å². The molecule has 0 amide bonds. The maximum absolute atomic E-state index is 6.18. The highest BCUT2D eigenvalue weighted by atomic mass is 16.5. The molecule has 0 bridgehead atoms. The largest absolute Gasteiger partial charge is 0.375 e. The Morgan fingerprint density at radius 2 is 1.85 bits per heavy atom. The molecule has 0 radical (unpaired) electrons. The normalized spacial score (nSPS) is 30.9. The second-order valence-corrected chi connectivity index (χ2v) is 7.14. The van der Waals surface area contributed by atoms with E-state index in [9.17, 15) is 0 Å². The third-order valence-corrected chi connectivity index (χ3v) is 5.54. The molecule has 3 nitrogen and oxygen atoms in total. The third-order valence-electron chi connectivity index (χ3n) is 5.54. The second-order valence-electron chi connectivity index (χ2n) is 7.14. The van der Waals surface area contributed by atoms with Crippen molar-refractivity contribution in [2.75, 3.05) is 32.8 Å². The summed E-state index contributed by atoms with van der Waals surface area (Å²) in [5.41, 5.74) is 0.253. The van der Waals surface area contributed by atoms with E-state index in [0.29, 0.717) is 6.04 Å². The minimum Gasteiger partial charge on any atom is -0.375 e. The van der Waals surface area contributed by atoms with Crippen molar-refractivity contribution in [1.82, 2.24) is 10.2 Å². The summed E-state index contributed by atoms with van der Waals surface area (Å²) >= 11 is 0. The van der Waals surface area contributed by atoms with Crippen LogP contribution in [0.1, 0.15) is 64.2 Å². The van der Waals surface area contributed by atoms with Crippen LogP contribution in [0.5, 0.6) is 0 Å². The van der Waals surface area contributed by atoms with Crippen molar-refractivity contribution in [3.05, 3.63) is 0 Å². The van der Waals surface area contributed by atoms with Gasteiger partial charge in [0.1, 0.15) is 0 Å². The molecule has 3 rings (SSSR count). The first-order valence-electron chi connectivity index (χ1n) is 8.96. The fourth-order valence-corrected chi connectivity index (χ4v) is 4.36. The Morgan fingerprint density at radius 3 is 2.65 bits per heavy atom. The van der Waals surface area contributed by atoms with E-state index in [4.69, 9.17) is 4.74 Å². The van der Waals surface area contributed by atoms with E-state index >= 15 is 0 Å². The number of nitrogens with one attached hydrogen (secondary N) is 1. The monoisotopic (exact) mass is 280 g/mol. The van der Waals surface area contributed by atoms with E-state index in [0.717, 1.165) is 6.61 Å². The summed E-state index contributed by atoms with van der Waals surface area (Å²) in [7, 11) is 0. The smallest absolute Gasteiger partial charge is 0.0697 e. The molecular formula is C17H32N2O. The van der Waals surface area contributed by atoms with E-state index in [1.54, 1.807) is 0 Å². The summed E-state index contributed by atoms with van der Waals surface area (Å²) in [5, 5.41) is 3.81. The summed E-state index contributed by atoms with van der Waals surface area (Å²) in [6.07, 6.45) is 13.4. The minimum absolute atomic E-state index is 0.253. The van der Waals surface area contributed by atoms with Gasteiger partial charge in [-0.3, -0.25) is 0 Å². The molecule has 1 atom stereocenters. The summed E-state index contributed by atoms with van der Waals surface area (Å²) in [4.78, 5) is 2.62. The standard InChI is InChI=1S/C17H32N2O/c1-2-8-17(9-3-1)15-16(7-14-20-17)18-10-6-13-19-11-4-5-12-19/h16,18H,1-15H2. The van der Waals surface area contributed by atoms with Gasteiger partial charge in [-0.25, -0.2) is 0 Å². The zero-order chi connectivity index (χ0) is 13.7. The predicted octanol–water partition coefficient (Wildman–Crippen LogP) is 2.94.